The number of carboxylic acid groups (broad SMARTS) is 1. The van der Waals surface area contributed by atoms with Crippen LogP contribution in [0.1, 0.15) is 76.3 Å². The van der Waals surface area contributed by atoms with Crippen molar-refractivity contribution in [3.63, 3.8) is 0 Å². The van der Waals surface area contributed by atoms with E-state index in [-0.39, 0.29) is 12.3 Å². The second kappa shape index (κ2) is 13.2. The van der Waals surface area contributed by atoms with Gasteiger partial charge >= 0.3 is 5.97 Å². The number of aliphatic hydroxyl groups excluding tert-OH is 1. The fourth-order valence-electron chi connectivity index (χ4n) is 3.67. The van der Waals surface area contributed by atoms with E-state index in [0.717, 1.165) is 32.8 Å². The highest BCUT2D eigenvalue weighted by molar-refractivity contribution is 5.68. The van der Waals surface area contributed by atoms with E-state index >= 15 is 0 Å². The molecule has 1 aromatic rings. The molecule has 0 heterocycles. The van der Waals surface area contributed by atoms with Crippen molar-refractivity contribution < 1.29 is 24.5 Å². The van der Waals surface area contributed by atoms with Crippen LogP contribution in [0.5, 0.6) is 0 Å². The summed E-state index contributed by atoms with van der Waals surface area (Å²) in [6.45, 7) is 5.64. The Morgan fingerprint density at radius 1 is 1.32 bits per heavy atom. The molecule has 2 unspecified atom stereocenters. The van der Waals surface area contributed by atoms with Crippen LogP contribution in [0, 0.1) is 23.1 Å². The second-order valence-electron chi connectivity index (χ2n) is 6.86. The average Bonchev–Trinajstić information content (AvgIpc) is 3.24. The predicted octanol–water partition coefficient (Wildman–Crippen LogP) is 4.42. The third kappa shape index (κ3) is 7.57. The number of nitrogens with zero attached hydrogens (tertiary/aromatic N) is 1. The molecule has 158 valence electrons. The van der Waals surface area contributed by atoms with Crippen LogP contribution < -0.4 is 0 Å². The lowest BCUT2D eigenvalue weighted by Gasteiger charge is -2.33. The van der Waals surface area contributed by atoms with Crippen molar-refractivity contribution in [2.75, 3.05) is 7.11 Å². The van der Waals surface area contributed by atoms with Crippen molar-refractivity contribution in [1.29, 1.82) is 5.26 Å². The molecule has 5 nitrogen and oxygen atoms in total. The van der Waals surface area contributed by atoms with Gasteiger partial charge in [-0.2, -0.15) is 5.26 Å². The summed E-state index contributed by atoms with van der Waals surface area (Å²) in [5.74, 6) is -1.95. The molecule has 1 aliphatic carbocycles. The topological polar surface area (TPSA) is 102 Å². The Morgan fingerprint density at radius 3 is 2.36 bits per heavy atom. The van der Waals surface area contributed by atoms with Gasteiger partial charge in [0.15, 0.2) is 0 Å². The quantitative estimate of drug-likeness (QED) is 0.634. The van der Waals surface area contributed by atoms with Crippen LogP contribution in [0.2, 0.25) is 0 Å². The summed E-state index contributed by atoms with van der Waals surface area (Å²) in [6, 6.07) is 6.75. The monoisotopic (exact) mass is 395 g/mol. The third-order valence-electron chi connectivity index (χ3n) is 5.14. The number of hydrogen-bond donors (Lipinski definition) is 3. The van der Waals surface area contributed by atoms with Crippen molar-refractivity contribution in [3.05, 3.63) is 35.1 Å². The standard InChI is InChI=1S/C19H24FNO3.C2H6.CH4O/c1-13(12-21)16-7-6-14(10-17(16)20)8-9-19(24,11-18(22)23)15-4-2-3-5-15;2*1-2/h6-7,10,13,15,24H,2-5,8-9,11H2,1H3,(H,22,23);1-2H3;2H,1H3. The zero-order valence-electron chi connectivity index (χ0n) is 17.4. The highest BCUT2D eigenvalue weighted by atomic mass is 19.1. The van der Waals surface area contributed by atoms with Gasteiger partial charge < -0.3 is 15.3 Å². The van der Waals surface area contributed by atoms with Crippen LogP contribution in [0.4, 0.5) is 4.39 Å². The van der Waals surface area contributed by atoms with Crippen LogP contribution in [-0.2, 0) is 11.2 Å². The highest BCUT2D eigenvalue weighted by Gasteiger charge is 2.39. The molecule has 6 heteroatoms. The SMILES string of the molecule is CC.CC(C#N)c1ccc(CCC(O)(CC(=O)O)C2CCCC2)cc1F.CO. The number of carbonyl (C=O) groups is 1. The zero-order valence-corrected chi connectivity index (χ0v) is 17.4. The lowest BCUT2D eigenvalue weighted by molar-refractivity contribution is -0.145. The maximum Gasteiger partial charge on any atom is 0.306 e. The Balaban J connectivity index is 0.00000171. The Bertz CT molecular complexity index is 638. The molecule has 0 aliphatic heterocycles. The minimum Gasteiger partial charge on any atom is -0.481 e. The van der Waals surface area contributed by atoms with Gasteiger partial charge in [0.1, 0.15) is 5.82 Å². The minimum absolute atomic E-state index is 0.00340. The Morgan fingerprint density at radius 2 is 1.89 bits per heavy atom. The van der Waals surface area contributed by atoms with Gasteiger partial charge in [-0.3, -0.25) is 4.79 Å². The largest absolute Gasteiger partial charge is 0.481 e. The van der Waals surface area contributed by atoms with E-state index in [1.165, 1.54) is 6.07 Å². The van der Waals surface area contributed by atoms with Gasteiger partial charge in [-0.25, -0.2) is 4.39 Å². The summed E-state index contributed by atoms with van der Waals surface area (Å²) < 4.78 is 14.1. The first-order valence-corrected chi connectivity index (χ1v) is 9.92. The molecule has 1 fully saturated rings. The summed E-state index contributed by atoms with van der Waals surface area (Å²) >= 11 is 0. The molecule has 2 rings (SSSR count). The summed E-state index contributed by atoms with van der Waals surface area (Å²) in [7, 11) is 1.00. The zero-order chi connectivity index (χ0) is 21.7. The van der Waals surface area contributed by atoms with E-state index in [2.05, 4.69) is 0 Å². The maximum atomic E-state index is 14.1. The first-order valence-electron chi connectivity index (χ1n) is 9.92. The lowest BCUT2D eigenvalue weighted by Crippen LogP contribution is -2.39. The van der Waals surface area contributed by atoms with Crippen LogP contribution in [-0.4, -0.2) is 34.0 Å². The molecular weight excluding hydrogens is 361 g/mol. The molecule has 0 bridgehead atoms. The number of nitriles is 1. The third-order valence-corrected chi connectivity index (χ3v) is 5.14. The Kier molecular flexibility index (Phi) is 12.3. The molecule has 0 spiro atoms. The number of halogens is 1. The normalized spacial score (nSPS) is 16.5. The summed E-state index contributed by atoms with van der Waals surface area (Å²) in [5, 5.41) is 35.9. The number of rotatable bonds is 7. The lowest BCUT2D eigenvalue weighted by atomic mass is 9.79. The van der Waals surface area contributed by atoms with E-state index in [1.807, 2.05) is 19.9 Å². The summed E-state index contributed by atoms with van der Waals surface area (Å²) in [6.07, 6.45) is 4.16. The van der Waals surface area contributed by atoms with Gasteiger partial charge in [0.05, 0.1) is 24.0 Å². The van der Waals surface area contributed by atoms with Crippen LogP contribution >= 0.6 is 0 Å². The van der Waals surface area contributed by atoms with Gasteiger partial charge in [0.25, 0.3) is 0 Å². The van der Waals surface area contributed by atoms with Crippen LogP contribution in [0.25, 0.3) is 0 Å². The summed E-state index contributed by atoms with van der Waals surface area (Å²) in [5.41, 5.74) is -0.168. The van der Waals surface area contributed by atoms with E-state index in [0.29, 0.717) is 24.0 Å². The number of hydrogen-bond acceptors (Lipinski definition) is 4. The number of aliphatic carboxylic acids is 1. The molecule has 1 aromatic carbocycles. The smallest absolute Gasteiger partial charge is 0.306 e. The molecule has 0 saturated heterocycles. The van der Waals surface area contributed by atoms with Crippen molar-refractivity contribution in [1.82, 2.24) is 0 Å². The second-order valence-corrected chi connectivity index (χ2v) is 6.86. The first kappa shape index (κ1) is 26.0. The molecule has 0 amide bonds. The predicted molar refractivity (Wildman–Crippen MR) is 107 cm³/mol. The van der Waals surface area contributed by atoms with E-state index in [4.69, 9.17) is 15.5 Å². The van der Waals surface area contributed by atoms with Gasteiger partial charge in [-0.1, -0.05) is 38.8 Å². The fourth-order valence-corrected chi connectivity index (χ4v) is 3.67. The van der Waals surface area contributed by atoms with Gasteiger partial charge in [0.2, 0.25) is 0 Å². The van der Waals surface area contributed by atoms with Gasteiger partial charge in [0, 0.05) is 12.7 Å². The highest BCUT2D eigenvalue weighted by Crippen LogP contribution is 2.39. The maximum absolute atomic E-state index is 14.1. The summed E-state index contributed by atoms with van der Waals surface area (Å²) in [4.78, 5) is 11.1. The van der Waals surface area contributed by atoms with E-state index < -0.39 is 23.3 Å². The molecule has 1 aliphatic rings. The van der Waals surface area contributed by atoms with Crippen molar-refractivity contribution in [2.24, 2.45) is 5.92 Å². The minimum atomic E-state index is -1.24. The number of benzene rings is 1. The van der Waals surface area contributed by atoms with Crippen LogP contribution in [0.3, 0.4) is 0 Å². The molecule has 28 heavy (non-hydrogen) atoms. The number of aliphatic hydroxyl groups is 2. The first-order chi connectivity index (χ1) is 13.4. The molecule has 2 atom stereocenters. The number of aryl methyl sites for hydroxylation is 1. The van der Waals surface area contributed by atoms with Gasteiger partial charge in [-0.15, -0.1) is 0 Å². The molecule has 0 aromatic heterocycles. The molecular formula is C22H34FNO4. The Labute approximate surface area is 167 Å². The molecule has 0 radical (unpaired) electrons. The van der Waals surface area contributed by atoms with Crippen molar-refractivity contribution in [2.45, 2.75) is 77.2 Å². The number of carboxylic acids is 1. The average molecular weight is 396 g/mol. The van der Waals surface area contributed by atoms with E-state index in [9.17, 15) is 14.3 Å². The van der Waals surface area contributed by atoms with Crippen molar-refractivity contribution in [3.8, 4) is 6.07 Å². The molecule has 3 N–H and O–H groups in total. The van der Waals surface area contributed by atoms with Gasteiger partial charge in [-0.05, 0) is 50.2 Å². The fraction of sp³-hybridized carbons (Fsp3) is 0.636. The van der Waals surface area contributed by atoms with E-state index in [1.54, 1.807) is 19.1 Å². The van der Waals surface area contributed by atoms with Crippen molar-refractivity contribution >= 4 is 5.97 Å². The van der Waals surface area contributed by atoms with Crippen LogP contribution in [0.15, 0.2) is 18.2 Å². The Hall–Kier alpha value is -1.97. The molecule has 1 saturated carbocycles.